The summed E-state index contributed by atoms with van der Waals surface area (Å²) in [6.45, 7) is 0. The monoisotopic (exact) mass is 310 g/mol. The van der Waals surface area contributed by atoms with Crippen LogP contribution in [0.15, 0.2) is 0 Å². The zero-order chi connectivity index (χ0) is 8.91. The summed E-state index contributed by atoms with van der Waals surface area (Å²) in [5.41, 5.74) is 0. The van der Waals surface area contributed by atoms with Crippen LogP contribution in [0.5, 0.6) is 0 Å². The number of esters is 1. The van der Waals surface area contributed by atoms with Crippen LogP contribution in [0, 0.1) is 0 Å². The molecule has 0 unspecified atom stereocenters. The number of hydrogen-bond acceptors (Lipinski definition) is 2. The Bertz CT molecular complexity index is 139. The van der Waals surface area contributed by atoms with Gasteiger partial charge in [-0.3, -0.25) is 0 Å². The number of halogens is 3. The fourth-order valence-corrected chi connectivity index (χ4v) is 1.34. The van der Waals surface area contributed by atoms with Crippen molar-refractivity contribution in [3.8, 4) is 0 Å². The first-order chi connectivity index (χ1) is 5.04. The van der Waals surface area contributed by atoms with E-state index in [9.17, 15) is 4.79 Å². The Morgan fingerprint density at radius 1 is 1.64 bits per heavy atom. The number of carbonyl (C=O) groups is 1. The second kappa shape index (κ2) is 5.43. The Kier molecular flexibility index (Phi) is 5.82. The van der Waals surface area contributed by atoms with E-state index in [1.165, 1.54) is 7.11 Å². The molecule has 0 aliphatic carbocycles. The van der Waals surface area contributed by atoms with Crippen LogP contribution in [0.4, 0.5) is 0 Å². The summed E-state index contributed by atoms with van der Waals surface area (Å²) in [5, 5.41) is 0. The Hall–Kier alpha value is 0.780. The minimum atomic E-state index is -1.36. The Morgan fingerprint density at radius 2 is 2.18 bits per heavy atom. The van der Waals surface area contributed by atoms with Gasteiger partial charge in [0.1, 0.15) is 0 Å². The lowest BCUT2D eigenvalue weighted by Gasteiger charge is -2.14. The van der Waals surface area contributed by atoms with Gasteiger partial charge in [0.15, 0.2) is 0 Å². The fourth-order valence-electron chi connectivity index (χ4n) is 0.540. The molecule has 11 heavy (non-hydrogen) atoms. The Labute approximate surface area is 89.7 Å². The summed E-state index contributed by atoms with van der Waals surface area (Å²) in [6, 6.07) is 0. The lowest BCUT2D eigenvalue weighted by atomic mass is 10.2. The van der Waals surface area contributed by atoms with Crippen LogP contribution < -0.4 is 0 Å². The topological polar surface area (TPSA) is 26.3 Å². The molecule has 0 N–H and O–H groups in total. The molecule has 0 fully saturated rings. The van der Waals surface area contributed by atoms with Crippen LogP contribution in [0.2, 0.25) is 0 Å². The molecule has 0 aromatic rings. The van der Waals surface area contributed by atoms with Crippen molar-refractivity contribution < 1.29 is 9.53 Å². The first-order valence-electron chi connectivity index (χ1n) is 3.07. The number of alkyl halides is 3. The lowest BCUT2D eigenvalue weighted by Crippen LogP contribution is -2.27. The van der Waals surface area contributed by atoms with Crippen molar-refractivity contribution in [2.45, 2.75) is 17.2 Å². The highest BCUT2D eigenvalue weighted by molar-refractivity contribution is 14.1. The summed E-state index contributed by atoms with van der Waals surface area (Å²) >= 11 is 13.5. The summed E-state index contributed by atoms with van der Waals surface area (Å²) in [6.07, 6.45) is 1.24. The summed E-state index contributed by atoms with van der Waals surface area (Å²) in [4.78, 5) is 10.9. The molecule has 0 saturated carbocycles. The van der Waals surface area contributed by atoms with Gasteiger partial charge in [-0.25, -0.2) is 4.79 Å². The predicted molar refractivity (Wildman–Crippen MR) is 54.6 cm³/mol. The molecular formula is C6H9Cl2IO2. The van der Waals surface area contributed by atoms with Gasteiger partial charge in [0, 0.05) is 0 Å². The standard InChI is InChI=1S/C6H9Cl2IO2/c1-11-5(10)6(7,8)3-2-4-9/h2-4H2,1H3. The van der Waals surface area contributed by atoms with Crippen LogP contribution in [0.1, 0.15) is 12.8 Å². The normalized spacial score (nSPS) is 11.3. The Morgan fingerprint density at radius 3 is 2.55 bits per heavy atom. The quantitative estimate of drug-likeness (QED) is 0.453. The molecule has 0 radical (unpaired) electrons. The zero-order valence-electron chi connectivity index (χ0n) is 6.07. The smallest absolute Gasteiger partial charge is 0.342 e. The molecule has 66 valence electrons. The van der Waals surface area contributed by atoms with Gasteiger partial charge in [0.05, 0.1) is 7.11 Å². The van der Waals surface area contributed by atoms with E-state index in [2.05, 4.69) is 27.3 Å². The number of carbonyl (C=O) groups excluding carboxylic acids is 1. The van der Waals surface area contributed by atoms with E-state index < -0.39 is 10.3 Å². The fraction of sp³-hybridized carbons (Fsp3) is 0.833. The average molecular weight is 311 g/mol. The van der Waals surface area contributed by atoms with Gasteiger partial charge in [0.25, 0.3) is 0 Å². The first-order valence-corrected chi connectivity index (χ1v) is 5.35. The van der Waals surface area contributed by atoms with Gasteiger partial charge in [-0.05, 0) is 17.3 Å². The largest absolute Gasteiger partial charge is 0.467 e. The van der Waals surface area contributed by atoms with Crippen molar-refractivity contribution in [1.82, 2.24) is 0 Å². The maximum Gasteiger partial charge on any atom is 0.342 e. The molecule has 0 heterocycles. The van der Waals surface area contributed by atoms with Crippen molar-refractivity contribution in [3.63, 3.8) is 0 Å². The molecule has 0 aliphatic heterocycles. The van der Waals surface area contributed by atoms with Crippen LogP contribution >= 0.6 is 45.8 Å². The van der Waals surface area contributed by atoms with Crippen molar-refractivity contribution in [2.75, 3.05) is 11.5 Å². The van der Waals surface area contributed by atoms with E-state index in [1.54, 1.807) is 0 Å². The van der Waals surface area contributed by atoms with E-state index in [4.69, 9.17) is 23.2 Å². The third-order valence-corrected chi connectivity index (χ3v) is 2.56. The van der Waals surface area contributed by atoms with Gasteiger partial charge >= 0.3 is 5.97 Å². The molecule has 0 rings (SSSR count). The SMILES string of the molecule is COC(=O)C(Cl)(Cl)CCCI. The predicted octanol–water partition coefficient (Wildman–Crippen LogP) is 2.55. The number of hydrogen-bond donors (Lipinski definition) is 0. The minimum Gasteiger partial charge on any atom is -0.467 e. The van der Waals surface area contributed by atoms with Gasteiger partial charge in [0.2, 0.25) is 4.33 Å². The van der Waals surface area contributed by atoms with E-state index in [-0.39, 0.29) is 0 Å². The van der Waals surface area contributed by atoms with Gasteiger partial charge < -0.3 is 4.74 Å². The summed E-state index contributed by atoms with van der Waals surface area (Å²) in [7, 11) is 1.27. The molecule has 0 amide bonds. The third kappa shape index (κ3) is 4.38. The highest BCUT2D eigenvalue weighted by Gasteiger charge is 2.33. The van der Waals surface area contributed by atoms with Crippen LogP contribution in [-0.4, -0.2) is 21.8 Å². The second-order valence-corrected chi connectivity index (χ2v) is 4.55. The van der Waals surface area contributed by atoms with E-state index in [1.807, 2.05) is 0 Å². The highest BCUT2D eigenvalue weighted by atomic mass is 127. The minimum absolute atomic E-state index is 0.436. The van der Waals surface area contributed by atoms with Crippen molar-refractivity contribution in [2.24, 2.45) is 0 Å². The summed E-state index contributed by atoms with van der Waals surface area (Å²) in [5.74, 6) is -0.578. The molecule has 0 spiro atoms. The van der Waals surface area contributed by atoms with Gasteiger partial charge in [-0.15, -0.1) is 0 Å². The zero-order valence-corrected chi connectivity index (χ0v) is 9.74. The van der Waals surface area contributed by atoms with Crippen LogP contribution in [0.25, 0.3) is 0 Å². The molecular weight excluding hydrogens is 302 g/mol. The average Bonchev–Trinajstić information content (AvgIpc) is 1.99. The number of methoxy groups -OCH3 is 1. The molecule has 0 aliphatic rings. The van der Waals surface area contributed by atoms with Crippen molar-refractivity contribution >= 4 is 51.8 Å². The molecule has 0 saturated heterocycles. The van der Waals surface area contributed by atoms with Crippen LogP contribution in [0.3, 0.4) is 0 Å². The third-order valence-electron chi connectivity index (χ3n) is 1.11. The van der Waals surface area contributed by atoms with Crippen molar-refractivity contribution in [3.05, 3.63) is 0 Å². The molecule has 5 heteroatoms. The van der Waals surface area contributed by atoms with Crippen LogP contribution in [-0.2, 0) is 9.53 Å². The maximum atomic E-state index is 10.9. The highest BCUT2D eigenvalue weighted by Crippen LogP contribution is 2.28. The first kappa shape index (κ1) is 11.8. The van der Waals surface area contributed by atoms with Gasteiger partial charge in [-0.1, -0.05) is 45.8 Å². The molecule has 2 nitrogen and oxygen atoms in total. The molecule has 0 atom stereocenters. The van der Waals surface area contributed by atoms with E-state index in [0.29, 0.717) is 6.42 Å². The van der Waals surface area contributed by atoms with Crippen molar-refractivity contribution in [1.29, 1.82) is 0 Å². The number of rotatable bonds is 4. The second-order valence-electron chi connectivity index (χ2n) is 1.99. The lowest BCUT2D eigenvalue weighted by molar-refractivity contribution is -0.141. The molecule has 0 aromatic heterocycles. The number of ether oxygens (including phenoxy) is 1. The van der Waals surface area contributed by atoms with E-state index >= 15 is 0 Å². The maximum absolute atomic E-state index is 10.9. The van der Waals surface area contributed by atoms with Gasteiger partial charge in [-0.2, -0.15) is 0 Å². The van der Waals surface area contributed by atoms with E-state index in [0.717, 1.165) is 10.8 Å². The molecule has 0 bridgehead atoms. The molecule has 0 aromatic carbocycles. The summed E-state index contributed by atoms with van der Waals surface area (Å²) < 4.78 is 3.97. The Balaban J connectivity index is 3.88.